The molecule has 0 spiro atoms. The molecule has 1 saturated heterocycles. The van der Waals surface area contributed by atoms with E-state index >= 15 is 0 Å². The molecule has 1 atom stereocenters. The Labute approximate surface area is 187 Å². The van der Waals surface area contributed by atoms with E-state index < -0.39 is 0 Å². The van der Waals surface area contributed by atoms with Crippen molar-refractivity contribution in [1.82, 2.24) is 4.98 Å². The molecule has 0 bridgehead atoms. The lowest BCUT2D eigenvalue weighted by Crippen LogP contribution is -2.37. The molecule has 0 radical (unpaired) electrons. The lowest BCUT2D eigenvalue weighted by Gasteiger charge is -2.23. The molecule has 29 heavy (non-hydrogen) atoms. The average Bonchev–Trinajstić information content (AvgIpc) is 3.39. The molecule has 2 aromatic carbocycles. The lowest BCUT2D eigenvalue weighted by molar-refractivity contribution is -0.119. The molecule has 4 nitrogen and oxygen atoms in total. The van der Waals surface area contributed by atoms with E-state index in [-0.39, 0.29) is 12.0 Å². The molecule has 2 heterocycles. The predicted octanol–water partition coefficient (Wildman–Crippen LogP) is 6.14. The molecular formula is C22H23BrN2O2S2. The molecule has 152 valence electrons. The zero-order valence-corrected chi connectivity index (χ0v) is 19.3. The predicted molar refractivity (Wildman–Crippen MR) is 125 cm³/mol. The first-order valence-electron chi connectivity index (χ1n) is 9.85. The normalized spacial score (nSPS) is 16.4. The number of carbonyl (C=O) groups is 1. The van der Waals surface area contributed by atoms with Gasteiger partial charge in [-0.2, -0.15) is 0 Å². The van der Waals surface area contributed by atoms with Gasteiger partial charge in [0, 0.05) is 22.4 Å². The van der Waals surface area contributed by atoms with Crippen molar-refractivity contribution >= 4 is 60.3 Å². The maximum atomic E-state index is 13.1. The van der Waals surface area contributed by atoms with E-state index in [1.807, 2.05) is 35.2 Å². The molecule has 1 amide bonds. The number of rotatable bonds is 8. The number of hydrogen-bond donors (Lipinski definition) is 0. The van der Waals surface area contributed by atoms with Gasteiger partial charge < -0.3 is 4.74 Å². The number of carbonyl (C=O) groups excluding carboxylic acids is 1. The fourth-order valence-electron chi connectivity index (χ4n) is 3.35. The van der Waals surface area contributed by atoms with Crippen molar-refractivity contribution in [1.29, 1.82) is 0 Å². The van der Waals surface area contributed by atoms with Crippen LogP contribution in [0.3, 0.4) is 0 Å². The van der Waals surface area contributed by atoms with Gasteiger partial charge in [0.25, 0.3) is 0 Å². The quantitative estimate of drug-likeness (QED) is 0.280. The highest BCUT2D eigenvalue weighted by molar-refractivity contribution is 9.10. The van der Waals surface area contributed by atoms with E-state index in [1.165, 1.54) is 4.90 Å². The number of aromatic nitrogens is 1. The van der Waals surface area contributed by atoms with Crippen LogP contribution in [0.4, 0.5) is 5.13 Å². The molecule has 0 N–H and O–H groups in total. The summed E-state index contributed by atoms with van der Waals surface area (Å²) in [5, 5.41) is 0.773. The minimum absolute atomic E-state index is 0.108. The highest BCUT2D eigenvalue weighted by Crippen LogP contribution is 2.32. The van der Waals surface area contributed by atoms with Gasteiger partial charge in [-0.25, -0.2) is 4.98 Å². The Morgan fingerprint density at radius 3 is 2.93 bits per heavy atom. The van der Waals surface area contributed by atoms with Gasteiger partial charge in [0.1, 0.15) is 0 Å². The molecular weight excluding hydrogens is 468 g/mol. The van der Waals surface area contributed by atoms with Crippen molar-refractivity contribution < 1.29 is 9.53 Å². The number of hydrogen-bond acceptors (Lipinski definition) is 5. The van der Waals surface area contributed by atoms with Gasteiger partial charge in [-0.05, 0) is 55.3 Å². The number of fused-ring (bicyclic) bond motifs is 1. The third kappa shape index (κ3) is 5.60. The Balaban J connectivity index is 1.43. The van der Waals surface area contributed by atoms with Crippen LogP contribution >= 0.6 is 39.0 Å². The van der Waals surface area contributed by atoms with E-state index in [0.29, 0.717) is 13.0 Å². The van der Waals surface area contributed by atoms with E-state index in [9.17, 15) is 4.79 Å². The summed E-state index contributed by atoms with van der Waals surface area (Å²) < 4.78 is 7.91. The second-order valence-corrected chi connectivity index (χ2v) is 10.1. The van der Waals surface area contributed by atoms with Gasteiger partial charge in [-0.15, -0.1) is 11.8 Å². The average molecular weight is 491 g/mol. The van der Waals surface area contributed by atoms with Crippen molar-refractivity contribution in [3.8, 4) is 0 Å². The van der Waals surface area contributed by atoms with Crippen LogP contribution in [0.5, 0.6) is 0 Å². The summed E-state index contributed by atoms with van der Waals surface area (Å²) in [6, 6.07) is 16.4. The number of benzene rings is 2. The first kappa shape index (κ1) is 20.8. The Hall–Kier alpha value is -1.41. The fraction of sp³-hybridized carbons (Fsp3) is 0.364. The van der Waals surface area contributed by atoms with Crippen LogP contribution < -0.4 is 4.90 Å². The highest BCUT2D eigenvalue weighted by atomic mass is 79.9. The zero-order valence-electron chi connectivity index (χ0n) is 16.1. The third-order valence-electron chi connectivity index (χ3n) is 4.83. The van der Waals surface area contributed by atoms with Crippen LogP contribution in [0.2, 0.25) is 0 Å². The topological polar surface area (TPSA) is 42.4 Å². The van der Waals surface area contributed by atoms with E-state index in [4.69, 9.17) is 9.72 Å². The van der Waals surface area contributed by atoms with Crippen LogP contribution in [0.25, 0.3) is 10.2 Å². The van der Waals surface area contributed by atoms with Crippen LogP contribution in [0.15, 0.2) is 57.9 Å². The molecule has 7 heteroatoms. The maximum absolute atomic E-state index is 13.1. The monoisotopic (exact) mass is 490 g/mol. The van der Waals surface area contributed by atoms with Crippen LogP contribution in [-0.2, 0) is 9.53 Å². The molecule has 1 aliphatic rings. The van der Waals surface area contributed by atoms with E-state index in [2.05, 4.69) is 34.1 Å². The first-order chi connectivity index (χ1) is 14.2. The number of ether oxygens (including phenoxy) is 1. The van der Waals surface area contributed by atoms with Crippen LogP contribution in [0, 0.1) is 0 Å². The van der Waals surface area contributed by atoms with Crippen LogP contribution in [-0.4, -0.2) is 35.9 Å². The Kier molecular flexibility index (Phi) is 7.24. The summed E-state index contributed by atoms with van der Waals surface area (Å²) in [7, 11) is 0. The largest absolute Gasteiger partial charge is 0.376 e. The smallest absolute Gasteiger partial charge is 0.228 e. The lowest BCUT2D eigenvalue weighted by atomic mass is 10.2. The van der Waals surface area contributed by atoms with Gasteiger partial charge in [-0.1, -0.05) is 45.5 Å². The van der Waals surface area contributed by atoms with Gasteiger partial charge in [-0.3, -0.25) is 9.69 Å². The summed E-state index contributed by atoms with van der Waals surface area (Å²) in [5.41, 5.74) is 0.929. The minimum Gasteiger partial charge on any atom is -0.376 e. The summed E-state index contributed by atoms with van der Waals surface area (Å²) >= 11 is 6.88. The third-order valence-corrected chi connectivity index (χ3v) is 7.46. The summed E-state index contributed by atoms with van der Waals surface area (Å²) in [5.74, 6) is 1.06. The van der Waals surface area contributed by atoms with Gasteiger partial charge in [0.05, 0.1) is 22.9 Å². The fourth-order valence-corrected chi connectivity index (χ4v) is 5.76. The number of nitrogens with zero attached hydrogens (tertiary/aromatic N) is 2. The summed E-state index contributed by atoms with van der Waals surface area (Å²) in [6.45, 7) is 1.37. The van der Waals surface area contributed by atoms with Crippen LogP contribution in [0.1, 0.15) is 25.7 Å². The Morgan fingerprint density at radius 1 is 1.28 bits per heavy atom. The number of halogens is 1. The molecule has 0 saturated carbocycles. The van der Waals surface area contributed by atoms with E-state index in [1.54, 1.807) is 23.1 Å². The molecule has 1 aromatic heterocycles. The van der Waals surface area contributed by atoms with Crippen molar-refractivity contribution in [3.63, 3.8) is 0 Å². The molecule has 0 aliphatic carbocycles. The van der Waals surface area contributed by atoms with Gasteiger partial charge in [0.15, 0.2) is 5.13 Å². The SMILES string of the molecule is O=C(CCCSc1ccccc1)N(CC1CCCO1)c1nc2ccc(Br)cc2s1. The van der Waals surface area contributed by atoms with E-state index in [0.717, 1.165) is 51.4 Å². The van der Waals surface area contributed by atoms with Crippen molar-refractivity contribution in [3.05, 3.63) is 53.0 Å². The molecule has 4 rings (SSSR count). The Bertz CT molecular complexity index is 958. The standard InChI is InChI=1S/C22H23BrN2O2S2/c23-16-10-11-19-20(14-16)29-22(24-19)25(15-17-6-4-12-27-17)21(26)9-5-13-28-18-7-2-1-3-8-18/h1-3,7-8,10-11,14,17H,4-6,9,12-13,15H2. The molecule has 1 unspecified atom stereocenters. The number of thiazole rings is 1. The molecule has 1 fully saturated rings. The second kappa shape index (κ2) is 10.1. The molecule has 1 aliphatic heterocycles. The first-order valence-corrected chi connectivity index (χ1v) is 12.4. The number of amides is 1. The highest BCUT2D eigenvalue weighted by Gasteiger charge is 2.25. The number of anilines is 1. The van der Waals surface area contributed by atoms with Crippen molar-refractivity contribution in [2.75, 3.05) is 23.8 Å². The summed E-state index contributed by atoms with van der Waals surface area (Å²) in [6.07, 6.45) is 3.54. The maximum Gasteiger partial charge on any atom is 0.228 e. The van der Waals surface area contributed by atoms with Gasteiger partial charge in [0.2, 0.25) is 5.91 Å². The minimum atomic E-state index is 0.108. The Morgan fingerprint density at radius 2 is 2.14 bits per heavy atom. The summed E-state index contributed by atoms with van der Waals surface area (Å²) in [4.78, 5) is 20.9. The van der Waals surface area contributed by atoms with Crippen molar-refractivity contribution in [2.24, 2.45) is 0 Å². The zero-order chi connectivity index (χ0) is 20.1. The second-order valence-electron chi connectivity index (χ2n) is 7.01. The molecule has 3 aromatic rings. The van der Waals surface area contributed by atoms with Crippen molar-refractivity contribution in [2.45, 2.75) is 36.7 Å². The number of thioether (sulfide) groups is 1. The van der Waals surface area contributed by atoms with Gasteiger partial charge >= 0.3 is 0 Å².